The van der Waals surface area contributed by atoms with Crippen molar-refractivity contribution in [3.05, 3.63) is 0 Å². The molecule has 5 unspecified atom stereocenters. The van der Waals surface area contributed by atoms with E-state index in [0.717, 1.165) is 38.5 Å². The number of Topliss-reactive ketones (excluding diaryl/α,β-unsaturated/α-hetero) is 2. The molecule has 0 saturated heterocycles. The molecule has 22 heavy (non-hydrogen) atoms. The lowest BCUT2D eigenvalue weighted by molar-refractivity contribution is -0.137. The number of carboxylic acids is 1. The number of rotatable bonds is 1. The average Bonchev–Trinajstić information content (AvgIpc) is 2.79. The van der Waals surface area contributed by atoms with Gasteiger partial charge in [-0.25, -0.2) is 0 Å². The first kappa shape index (κ1) is 17.2. The first-order chi connectivity index (χ1) is 10.3. The standard InChI is InChI=1S/C15H22O2.C3H6O2/c1-9-10-7-8-15(2)12(4-6-14(15)17)11(10)3-5-13(9)16;1-2-3(4)5/h9-12H,3-8H2,1-2H3;2H2,1H3,(H,4,5). The average molecular weight is 308 g/mol. The van der Waals surface area contributed by atoms with E-state index in [1.807, 2.05) is 0 Å². The van der Waals surface area contributed by atoms with Crippen LogP contribution in [0.1, 0.15) is 65.7 Å². The molecule has 0 aliphatic heterocycles. The zero-order valence-corrected chi connectivity index (χ0v) is 13.9. The van der Waals surface area contributed by atoms with Crippen LogP contribution in [-0.4, -0.2) is 22.6 Å². The fourth-order valence-electron chi connectivity index (χ4n) is 4.90. The summed E-state index contributed by atoms with van der Waals surface area (Å²) in [5.41, 5.74) is -0.0404. The highest BCUT2D eigenvalue weighted by Gasteiger charge is 2.55. The van der Waals surface area contributed by atoms with Gasteiger partial charge in [0.05, 0.1) is 0 Å². The maximum Gasteiger partial charge on any atom is 0.303 e. The molecule has 3 saturated carbocycles. The van der Waals surface area contributed by atoms with Crippen LogP contribution in [0.5, 0.6) is 0 Å². The van der Waals surface area contributed by atoms with Crippen molar-refractivity contribution in [3.8, 4) is 0 Å². The molecule has 0 amide bonds. The van der Waals surface area contributed by atoms with Crippen LogP contribution in [0.4, 0.5) is 0 Å². The minimum atomic E-state index is -0.745. The first-order valence-corrected chi connectivity index (χ1v) is 8.59. The van der Waals surface area contributed by atoms with Crippen LogP contribution < -0.4 is 0 Å². The number of carbonyl (C=O) groups excluding carboxylic acids is 2. The number of carboxylic acid groups (broad SMARTS) is 1. The summed E-state index contributed by atoms with van der Waals surface area (Å²) in [6.45, 7) is 5.89. The van der Waals surface area contributed by atoms with Crippen molar-refractivity contribution in [2.75, 3.05) is 0 Å². The molecular weight excluding hydrogens is 280 g/mol. The normalized spacial score (nSPS) is 40.3. The Bertz CT molecular complexity index is 470. The van der Waals surface area contributed by atoms with Gasteiger partial charge >= 0.3 is 5.97 Å². The van der Waals surface area contributed by atoms with Crippen molar-refractivity contribution in [2.24, 2.45) is 29.1 Å². The molecule has 5 atom stereocenters. The van der Waals surface area contributed by atoms with E-state index >= 15 is 0 Å². The van der Waals surface area contributed by atoms with Crippen molar-refractivity contribution >= 4 is 17.5 Å². The second kappa shape index (κ2) is 6.51. The summed E-state index contributed by atoms with van der Waals surface area (Å²) >= 11 is 0. The number of carbonyl (C=O) groups is 3. The number of ketones is 2. The van der Waals surface area contributed by atoms with Gasteiger partial charge in [0.2, 0.25) is 0 Å². The van der Waals surface area contributed by atoms with Crippen LogP contribution in [0.3, 0.4) is 0 Å². The van der Waals surface area contributed by atoms with Gasteiger partial charge in [-0.15, -0.1) is 0 Å². The molecule has 0 heterocycles. The van der Waals surface area contributed by atoms with E-state index in [1.54, 1.807) is 6.92 Å². The summed E-state index contributed by atoms with van der Waals surface area (Å²) in [5.74, 6) is 2.24. The second-order valence-corrected chi connectivity index (χ2v) is 7.39. The Morgan fingerprint density at radius 2 is 1.82 bits per heavy atom. The third kappa shape index (κ3) is 2.97. The summed E-state index contributed by atoms with van der Waals surface area (Å²) in [4.78, 5) is 33.3. The summed E-state index contributed by atoms with van der Waals surface area (Å²) in [5, 5.41) is 7.72. The Hall–Kier alpha value is -1.19. The highest BCUT2D eigenvalue weighted by molar-refractivity contribution is 5.87. The van der Waals surface area contributed by atoms with Crippen LogP contribution >= 0.6 is 0 Å². The van der Waals surface area contributed by atoms with E-state index in [1.165, 1.54) is 0 Å². The zero-order valence-electron chi connectivity index (χ0n) is 13.9. The van der Waals surface area contributed by atoms with Crippen LogP contribution in [0.25, 0.3) is 0 Å². The predicted octanol–water partition coefficient (Wildman–Crippen LogP) is 3.48. The largest absolute Gasteiger partial charge is 0.481 e. The van der Waals surface area contributed by atoms with Gasteiger partial charge < -0.3 is 5.11 Å². The molecule has 0 aromatic heterocycles. The molecule has 3 rings (SSSR count). The van der Waals surface area contributed by atoms with Crippen LogP contribution in [-0.2, 0) is 14.4 Å². The Morgan fingerprint density at radius 1 is 1.18 bits per heavy atom. The SMILES string of the molecule is CC1C(=O)CCC2C1CCC1(C)C(=O)CCC21.CCC(=O)O. The molecule has 124 valence electrons. The molecule has 0 bridgehead atoms. The monoisotopic (exact) mass is 308 g/mol. The third-order valence-corrected chi connectivity index (χ3v) is 6.38. The molecular formula is C18H28O4. The molecule has 4 nitrogen and oxygen atoms in total. The Morgan fingerprint density at radius 3 is 2.41 bits per heavy atom. The van der Waals surface area contributed by atoms with Crippen molar-refractivity contribution in [1.29, 1.82) is 0 Å². The first-order valence-electron chi connectivity index (χ1n) is 8.59. The van der Waals surface area contributed by atoms with E-state index in [4.69, 9.17) is 5.11 Å². The van der Waals surface area contributed by atoms with Crippen LogP contribution in [0.15, 0.2) is 0 Å². The molecule has 0 aromatic rings. The third-order valence-electron chi connectivity index (χ3n) is 6.38. The second-order valence-electron chi connectivity index (χ2n) is 7.39. The van der Waals surface area contributed by atoms with Gasteiger partial charge in [-0.05, 0) is 43.4 Å². The van der Waals surface area contributed by atoms with Gasteiger partial charge in [0.1, 0.15) is 11.6 Å². The van der Waals surface area contributed by atoms with Gasteiger partial charge in [0, 0.05) is 30.6 Å². The van der Waals surface area contributed by atoms with Crippen LogP contribution in [0, 0.1) is 29.1 Å². The number of aliphatic carboxylic acids is 1. The fraction of sp³-hybridized carbons (Fsp3) is 0.833. The Labute approximate surface area is 132 Å². The lowest BCUT2D eigenvalue weighted by Gasteiger charge is -2.49. The summed E-state index contributed by atoms with van der Waals surface area (Å²) in [6, 6.07) is 0. The van der Waals surface area contributed by atoms with E-state index in [0.29, 0.717) is 29.3 Å². The Balaban J connectivity index is 0.000000309. The summed E-state index contributed by atoms with van der Waals surface area (Å²) in [6.07, 6.45) is 6.00. The molecule has 0 aromatic carbocycles. The lowest BCUT2D eigenvalue weighted by Crippen LogP contribution is -2.47. The smallest absolute Gasteiger partial charge is 0.303 e. The molecule has 1 N–H and O–H groups in total. The topological polar surface area (TPSA) is 71.4 Å². The highest BCUT2D eigenvalue weighted by atomic mass is 16.4. The van der Waals surface area contributed by atoms with Gasteiger partial charge in [-0.2, -0.15) is 0 Å². The van der Waals surface area contributed by atoms with Crippen LogP contribution in [0.2, 0.25) is 0 Å². The molecule has 3 aliphatic carbocycles. The number of hydrogen-bond acceptors (Lipinski definition) is 3. The minimum absolute atomic E-state index is 0.0404. The van der Waals surface area contributed by atoms with Gasteiger partial charge in [0.25, 0.3) is 0 Å². The maximum atomic E-state index is 12.1. The summed E-state index contributed by atoms with van der Waals surface area (Å²) < 4.78 is 0. The predicted molar refractivity (Wildman–Crippen MR) is 83.4 cm³/mol. The molecule has 0 radical (unpaired) electrons. The van der Waals surface area contributed by atoms with E-state index in [-0.39, 0.29) is 17.8 Å². The molecule has 3 fully saturated rings. The van der Waals surface area contributed by atoms with Crippen molar-refractivity contribution in [3.63, 3.8) is 0 Å². The number of hydrogen-bond donors (Lipinski definition) is 1. The molecule has 4 heteroatoms. The molecule has 3 aliphatic rings. The van der Waals surface area contributed by atoms with E-state index in [2.05, 4.69) is 13.8 Å². The minimum Gasteiger partial charge on any atom is -0.481 e. The van der Waals surface area contributed by atoms with Gasteiger partial charge in [-0.3, -0.25) is 14.4 Å². The quantitative estimate of drug-likeness (QED) is 0.805. The number of fused-ring (bicyclic) bond motifs is 3. The maximum absolute atomic E-state index is 12.1. The van der Waals surface area contributed by atoms with Gasteiger partial charge in [0.15, 0.2) is 0 Å². The highest BCUT2D eigenvalue weighted by Crippen LogP contribution is 2.58. The molecule has 0 spiro atoms. The van der Waals surface area contributed by atoms with E-state index in [9.17, 15) is 14.4 Å². The summed E-state index contributed by atoms with van der Waals surface area (Å²) in [7, 11) is 0. The van der Waals surface area contributed by atoms with Crippen molar-refractivity contribution < 1.29 is 19.5 Å². The van der Waals surface area contributed by atoms with Crippen molar-refractivity contribution in [2.45, 2.75) is 65.7 Å². The van der Waals surface area contributed by atoms with Crippen molar-refractivity contribution in [1.82, 2.24) is 0 Å². The fourth-order valence-corrected chi connectivity index (χ4v) is 4.90. The Kier molecular flexibility index (Phi) is 5.08. The lowest BCUT2D eigenvalue weighted by atomic mass is 9.54. The van der Waals surface area contributed by atoms with Gasteiger partial charge in [-0.1, -0.05) is 20.8 Å². The van der Waals surface area contributed by atoms with E-state index < -0.39 is 5.97 Å². The zero-order chi connectivity index (χ0) is 16.5.